The number of carbonyl (C=O) groups is 2. The first-order chi connectivity index (χ1) is 11.1. The number of nitrogens with zero attached hydrogens (tertiary/aromatic N) is 2. The number of halogens is 2. The highest BCUT2D eigenvalue weighted by atomic mass is 19.1. The minimum atomic E-state index is -0.749. The molecule has 0 atom stereocenters. The van der Waals surface area contributed by atoms with E-state index in [2.05, 4.69) is 4.98 Å². The molecule has 1 aromatic carbocycles. The number of nitrogens with one attached hydrogen (secondary N) is 1. The van der Waals surface area contributed by atoms with Gasteiger partial charge in [-0.05, 0) is 30.3 Å². The van der Waals surface area contributed by atoms with Crippen LogP contribution in [-0.4, -0.2) is 52.8 Å². The van der Waals surface area contributed by atoms with Crippen molar-refractivity contribution in [3.8, 4) is 0 Å². The van der Waals surface area contributed by atoms with Crippen LogP contribution >= 0.6 is 0 Å². The summed E-state index contributed by atoms with van der Waals surface area (Å²) in [6, 6.07) is 6.22. The second-order valence-electron chi connectivity index (χ2n) is 5.29. The summed E-state index contributed by atoms with van der Waals surface area (Å²) in [5.74, 6) is -2.11. The van der Waals surface area contributed by atoms with Gasteiger partial charge in [0.15, 0.2) is 0 Å². The highest BCUT2D eigenvalue weighted by Crippen LogP contribution is 2.15. The first-order valence-corrected chi connectivity index (χ1v) is 7.23. The monoisotopic (exact) mass is 319 g/mol. The van der Waals surface area contributed by atoms with Gasteiger partial charge in [0, 0.05) is 32.4 Å². The van der Waals surface area contributed by atoms with Crippen LogP contribution in [0.15, 0.2) is 36.5 Å². The average Bonchev–Trinajstić information content (AvgIpc) is 3.10. The van der Waals surface area contributed by atoms with Gasteiger partial charge in [0.25, 0.3) is 11.8 Å². The van der Waals surface area contributed by atoms with Gasteiger partial charge in [0.1, 0.15) is 17.3 Å². The largest absolute Gasteiger partial charge is 0.357 e. The van der Waals surface area contributed by atoms with Gasteiger partial charge in [-0.2, -0.15) is 0 Å². The van der Waals surface area contributed by atoms with Crippen molar-refractivity contribution in [1.29, 1.82) is 0 Å². The smallest absolute Gasteiger partial charge is 0.270 e. The molecule has 23 heavy (non-hydrogen) atoms. The van der Waals surface area contributed by atoms with Crippen LogP contribution in [0.25, 0.3) is 0 Å². The molecule has 1 saturated heterocycles. The number of benzene rings is 1. The van der Waals surface area contributed by atoms with Gasteiger partial charge in [-0.3, -0.25) is 9.59 Å². The fourth-order valence-electron chi connectivity index (χ4n) is 2.58. The predicted octanol–water partition coefficient (Wildman–Crippen LogP) is 1.89. The van der Waals surface area contributed by atoms with E-state index < -0.39 is 17.5 Å². The number of aromatic nitrogens is 1. The summed E-state index contributed by atoms with van der Waals surface area (Å²) < 4.78 is 26.9. The number of piperazine rings is 1. The van der Waals surface area contributed by atoms with Crippen molar-refractivity contribution < 1.29 is 18.4 Å². The molecule has 1 aliphatic rings. The van der Waals surface area contributed by atoms with E-state index in [-0.39, 0.29) is 24.6 Å². The van der Waals surface area contributed by atoms with Crippen molar-refractivity contribution in [3.05, 3.63) is 59.4 Å². The standard InChI is InChI=1S/C16H15F2N3O2/c17-11-3-4-13(18)12(10-11)15(22)20-6-8-21(9-7-20)16(23)14-2-1-5-19-14/h1-5,10,19H,6-9H2. The molecule has 120 valence electrons. The van der Waals surface area contributed by atoms with Crippen LogP contribution in [0.1, 0.15) is 20.8 Å². The number of hydrogen-bond acceptors (Lipinski definition) is 2. The number of carbonyl (C=O) groups excluding carboxylic acids is 2. The topological polar surface area (TPSA) is 56.4 Å². The quantitative estimate of drug-likeness (QED) is 0.919. The fourth-order valence-corrected chi connectivity index (χ4v) is 2.58. The molecule has 3 rings (SSSR count). The zero-order chi connectivity index (χ0) is 16.4. The Balaban J connectivity index is 1.66. The summed E-state index contributed by atoms with van der Waals surface area (Å²) in [5.41, 5.74) is 0.204. The van der Waals surface area contributed by atoms with Crippen molar-refractivity contribution in [3.63, 3.8) is 0 Å². The molecule has 1 N–H and O–H groups in total. The maximum Gasteiger partial charge on any atom is 0.270 e. The Morgan fingerprint density at radius 3 is 2.22 bits per heavy atom. The van der Waals surface area contributed by atoms with Crippen molar-refractivity contribution in [2.75, 3.05) is 26.2 Å². The summed E-state index contributed by atoms with van der Waals surface area (Å²) in [6.07, 6.45) is 1.67. The van der Waals surface area contributed by atoms with Crippen LogP contribution in [0.3, 0.4) is 0 Å². The van der Waals surface area contributed by atoms with Crippen LogP contribution in [0, 0.1) is 11.6 Å². The lowest BCUT2D eigenvalue weighted by Gasteiger charge is -2.34. The molecular formula is C16H15F2N3O2. The Labute approximate surface area is 131 Å². The van der Waals surface area contributed by atoms with E-state index in [9.17, 15) is 18.4 Å². The summed E-state index contributed by atoms with van der Waals surface area (Å²) in [6.45, 7) is 1.25. The molecule has 0 bridgehead atoms. The Bertz CT molecular complexity index is 723. The third-order valence-electron chi connectivity index (χ3n) is 3.84. The highest BCUT2D eigenvalue weighted by Gasteiger charge is 2.27. The van der Waals surface area contributed by atoms with Gasteiger partial charge in [-0.1, -0.05) is 0 Å². The lowest BCUT2D eigenvalue weighted by Crippen LogP contribution is -2.50. The average molecular weight is 319 g/mol. The molecule has 7 heteroatoms. The number of amides is 2. The maximum absolute atomic E-state index is 13.7. The number of aromatic amines is 1. The summed E-state index contributed by atoms with van der Waals surface area (Å²) in [7, 11) is 0. The van der Waals surface area contributed by atoms with Crippen molar-refractivity contribution in [1.82, 2.24) is 14.8 Å². The zero-order valence-electron chi connectivity index (χ0n) is 12.3. The van der Waals surface area contributed by atoms with Crippen LogP contribution in [0.5, 0.6) is 0 Å². The molecule has 0 aliphatic carbocycles. The molecule has 2 amide bonds. The summed E-state index contributed by atoms with van der Waals surface area (Å²) >= 11 is 0. The molecule has 2 heterocycles. The molecule has 2 aromatic rings. The second-order valence-corrected chi connectivity index (χ2v) is 5.29. The van der Waals surface area contributed by atoms with E-state index in [1.165, 1.54) is 4.90 Å². The highest BCUT2D eigenvalue weighted by molar-refractivity contribution is 5.95. The third kappa shape index (κ3) is 3.08. The van der Waals surface area contributed by atoms with Gasteiger partial charge in [0.2, 0.25) is 0 Å². The Morgan fingerprint density at radius 2 is 1.61 bits per heavy atom. The van der Waals surface area contributed by atoms with Gasteiger partial charge >= 0.3 is 0 Å². The van der Waals surface area contributed by atoms with Crippen LogP contribution < -0.4 is 0 Å². The minimum Gasteiger partial charge on any atom is -0.357 e. The van der Waals surface area contributed by atoms with Crippen LogP contribution in [0.4, 0.5) is 8.78 Å². The Hall–Kier alpha value is -2.70. The van der Waals surface area contributed by atoms with Crippen molar-refractivity contribution in [2.24, 2.45) is 0 Å². The maximum atomic E-state index is 13.7. The van der Waals surface area contributed by atoms with Crippen molar-refractivity contribution >= 4 is 11.8 Å². The summed E-state index contributed by atoms with van der Waals surface area (Å²) in [4.78, 5) is 30.4. The van der Waals surface area contributed by atoms with Crippen LogP contribution in [-0.2, 0) is 0 Å². The lowest BCUT2D eigenvalue weighted by molar-refractivity contribution is 0.0530. The van der Waals surface area contributed by atoms with Gasteiger partial charge in [0.05, 0.1) is 5.56 Å². The van der Waals surface area contributed by atoms with E-state index in [0.717, 1.165) is 18.2 Å². The van der Waals surface area contributed by atoms with E-state index in [1.807, 2.05) is 0 Å². The first-order valence-electron chi connectivity index (χ1n) is 7.23. The molecular weight excluding hydrogens is 304 g/mol. The number of H-pyrrole nitrogens is 1. The van der Waals surface area contributed by atoms with E-state index in [4.69, 9.17) is 0 Å². The predicted molar refractivity (Wildman–Crippen MR) is 79.0 cm³/mol. The Kier molecular flexibility index (Phi) is 4.10. The van der Waals surface area contributed by atoms with Gasteiger partial charge in [-0.25, -0.2) is 8.78 Å². The minimum absolute atomic E-state index is 0.140. The fraction of sp³-hybridized carbons (Fsp3) is 0.250. The van der Waals surface area contributed by atoms with Crippen molar-refractivity contribution in [2.45, 2.75) is 0 Å². The SMILES string of the molecule is O=C(c1ccc[nH]1)N1CCN(C(=O)c2cc(F)ccc2F)CC1. The second kappa shape index (κ2) is 6.20. The Morgan fingerprint density at radius 1 is 0.957 bits per heavy atom. The molecule has 0 spiro atoms. The zero-order valence-corrected chi connectivity index (χ0v) is 12.3. The third-order valence-corrected chi connectivity index (χ3v) is 3.84. The molecule has 1 fully saturated rings. The molecule has 1 aromatic heterocycles. The molecule has 5 nitrogen and oxygen atoms in total. The molecule has 0 radical (unpaired) electrons. The van der Waals surface area contributed by atoms with Gasteiger partial charge < -0.3 is 14.8 Å². The molecule has 1 aliphatic heterocycles. The summed E-state index contributed by atoms with van der Waals surface area (Å²) in [5, 5.41) is 0. The normalized spacial score (nSPS) is 14.9. The van der Waals surface area contributed by atoms with E-state index >= 15 is 0 Å². The first kappa shape index (κ1) is 15.2. The van der Waals surface area contributed by atoms with E-state index in [1.54, 1.807) is 23.2 Å². The van der Waals surface area contributed by atoms with E-state index in [0.29, 0.717) is 18.8 Å². The number of rotatable bonds is 2. The lowest BCUT2D eigenvalue weighted by atomic mass is 10.1. The number of hydrogen-bond donors (Lipinski definition) is 1. The van der Waals surface area contributed by atoms with Crippen LogP contribution in [0.2, 0.25) is 0 Å². The molecule has 0 saturated carbocycles. The molecule has 0 unspecified atom stereocenters. The van der Waals surface area contributed by atoms with Gasteiger partial charge in [-0.15, -0.1) is 0 Å².